The highest BCUT2D eigenvalue weighted by Gasteiger charge is 2.19. The highest BCUT2D eigenvalue weighted by Crippen LogP contribution is 2.42. The Balaban J connectivity index is 1.29. The molecule has 0 bridgehead atoms. The standard InChI is InChI=1S/C48H34N2/c1-5-15-35(16-6-1)38-25-27-42(28-26-38)49(44-32-39(36-17-7-2-8-18-36)31-40(33-44)37-19-9-3-10-20-37)43-29-30-46-45-23-13-14-24-47(45)50(48(46)34-43)41-21-11-4-12-22-41/h1-34H. The van der Waals surface area contributed by atoms with E-state index in [0.29, 0.717) is 0 Å². The van der Waals surface area contributed by atoms with E-state index in [1.165, 1.54) is 55.2 Å². The molecule has 50 heavy (non-hydrogen) atoms. The highest BCUT2D eigenvalue weighted by atomic mass is 15.1. The van der Waals surface area contributed by atoms with Crippen LogP contribution in [0.15, 0.2) is 206 Å². The topological polar surface area (TPSA) is 8.17 Å². The molecule has 0 N–H and O–H groups in total. The average molecular weight is 639 g/mol. The van der Waals surface area contributed by atoms with Crippen LogP contribution < -0.4 is 4.90 Å². The zero-order valence-electron chi connectivity index (χ0n) is 27.5. The van der Waals surface area contributed by atoms with Crippen molar-refractivity contribution in [1.29, 1.82) is 0 Å². The molecule has 2 nitrogen and oxygen atoms in total. The van der Waals surface area contributed by atoms with Gasteiger partial charge in [-0.05, 0) is 94.0 Å². The molecule has 0 aliphatic carbocycles. The van der Waals surface area contributed by atoms with E-state index in [1.54, 1.807) is 0 Å². The molecular weight excluding hydrogens is 605 g/mol. The van der Waals surface area contributed by atoms with Gasteiger partial charge in [-0.3, -0.25) is 0 Å². The third kappa shape index (κ3) is 5.43. The van der Waals surface area contributed by atoms with Crippen LogP contribution in [0.3, 0.4) is 0 Å². The van der Waals surface area contributed by atoms with Crippen molar-refractivity contribution in [2.24, 2.45) is 0 Å². The smallest absolute Gasteiger partial charge is 0.0561 e. The van der Waals surface area contributed by atoms with Gasteiger partial charge in [-0.25, -0.2) is 0 Å². The Bertz CT molecular complexity index is 2500. The number of benzene rings is 8. The molecule has 8 aromatic carbocycles. The molecule has 9 aromatic rings. The molecule has 0 radical (unpaired) electrons. The molecular formula is C48H34N2. The third-order valence-electron chi connectivity index (χ3n) is 9.55. The lowest BCUT2D eigenvalue weighted by atomic mass is 9.97. The molecule has 9 rings (SSSR count). The van der Waals surface area contributed by atoms with Crippen molar-refractivity contribution in [2.75, 3.05) is 4.90 Å². The normalized spacial score (nSPS) is 11.2. The van der Waals surface area contributed by atoms with E-state index in [9.17, 15) is 0 Å². The minimum atomic E-state index is 1.09. The summed E-state index contributed by atoms with van der Waals surface area (Å²) in [6.07, 6.45) is 0. The first-order valence-corrected chi connectivity index (χ1v) is 17.1. The molecule has 0 spiro atoms. The molecule has 0 atom stereocenters. The van der Waals surface area contributed by atoms with Crippen LogP contribution in [-0.4, -0.2) is 4.57 Å². The van der Waals surface area contributed by atoms with Crippen LogP contribution in [0.25, 0.3) is 60.9 Å². The number of rotatable bonds is 7. The van der Waals surface area contributed by atoms with E-state index in [4.69, 9.17) is 0 Å². The average Bonchev–Trinajstić information content (AvgIpc) is 3.53. The van der Waals surface area contributed by atoms with Gasteiger partial charge in [-0.2, -0.15) is 0 Å². The number of hydrogen-bond acceptors (Lipinski definition) is 1. The number of fused-ring (bicyclic) bond motifs is 3. The Morgan fingerprint density at radius 3 is 1.34 bits per heavy atom. The third-order valence-corrected chi connectivity index (χ3v) is 9.55. The second-order valence-corrected chi connectivity index (χ2v) is 12.6. The lowest BCUT2D eigenvalue weighted by Crippen LogP contribution is -2.10. The SMILES string of the molecule is c1ccc(-c2ccc(N(c3cc(-c4ccccc4)cc(-c4ccccc4)c3)c3ccc4c5ccccc5n(-c5ccccc5)c4c3)cc2)cc1. The van der Waals surface area contributed by atoms with Crippen molar-refractivity contribution < 1.29 is 0 Å². The van der Waals surface area contributed by atoms with Crippen molar-refractivity contribution in [3.05, 3.63) is 206 Å². The van der Waals surface area contributed by atoms with Gasteiger partial charge in [0.05, 0.1) is 11.0 Å². The van der Waals surface area contributed by atoms with Gasteiger partial charge in [-0.1, -0.05) is 146 Å². The van der Waals surface area contributed by atoms with Gasteiger partial charge in [0, 0.05) is 33.5 Å². The Hall–Kier alpha value is -6.64. The maximum atomic E-state index is 2.40. The van der Waals surface area contributed by atoms with E-state index in [-0.39, 0.29) is 0 Å². The summed E-state index contributed by atoms with van der Waals surface area (Å²) in [6, 6.07) is 74.2. The van der Waals surface area contributed by atoms with Gasteiger partial charge >= 0.3 is 0 Å². The zero-order valence-corrected chi connectivity index (χ0v) is 27.5. The highest BCUT2D eigenvalue weighted by molar-refractivity contribution is 6.10. The Morgan fingerprint density at radius 1 is 0.280 bits per heavy atom. The number of aromatic nitrogens is 1. The summed E-state index contributed by atoms with van der Waals surface area (Å²) in [5.74, 6) is 0. The van der Waals surface area contributed by atoms with Gasteiger partial charge in [-0.15, -0.1) is 0 Å². The van der Waals surface area contributed by atoms with Crippen molar-refractivity contribution in [1.82, 2.24) is 4.57 Å². The maximum absolute atomic E-state index is 2.40. The largest absolute Gasteiger partial charge is 0.310 e. The maximum Gasteiger partial charge on any atom is 0.0561 e. The van der Waals surface area contributed by atoms with E-state index in [2.05, 4.69) is 216 Å². The van der Waals surface area contributed by atoms with Crippen LogP contribution in [0, 0.1) is 0 Å². The van der Waals surface area contributed by atoms with Crippen molar-refractivity contribution in [3.63, 3.8) is 0 Å². The van der Waals surface area contributed by atoms with Crippen LogP contribution in [0.4, 0.5) is 17.1 Å². The summed E-state index contributed by atoms with van der Waals surface area (Å²) in [5, 5.41) is 2.48. The first-order chi connectivity index (χ1) is 24.8. The molecule has 0 unspecified atom stereocenters. The Kier molecular flexibility index (Phi) is 7.53. The lowest BCUT2D eigenvalue weighted by molar-refractivity contribution is 1.18. The molecule has 0 saturated heterocycles. The van der Waals surface area contributed by atoms with Crippen molar-refractivity contribution >= 4 is 38.9 Å². The van der Waals surface area contributed by atoms with E-state index in [0.717, 1.165) is 22.7 Å². The number of para-hydroxylation sites is 2. The molecule has 1 heterocycles. The molecule has 0 saturated carbocycles. The summed E-state index contributed by atoms with van der Waals surface area (Å²) in [6.45, 7) is 0. The van der Waals surface area contributed by atoms with Crippen molar-refractivity contribution in [2.45, 2.75) is 0 Å². The summed E-state index contributed by atoms with van der Waals surface area (Å²) < 4.78 is 2.39. The monoisotopic (exact) mass is 638 g/mol. The van der Waals surface area contributed by atoms with Gasteiger partial charge in [0.1, 0.15) is 0 Å². The molecule has 0 amide bonds. The summed E-state index contributed by atoms with van der Waals surface area (Å²) in [7, 11) is 0. The van der Waals surface area contributed by atoms with E-state index < -0.39 is 0 Å². The van der Waals surface area contributed by atoms with E-state index in [1.807, 2.05) is 0 Å². The Morgan fingerprint density at radius 2 is 0.740 bits per heavy atom. The number of anilines is 3. The van der Waals surface area contributed by atoms with Crippen LogP contribution >= 0.6 is 0 Å². The minimum Gasteiger partial charge on any atom is -0.310 e. The number of nitrogens with zero attached hydrogens (tertiary/aromatic N) is 2. The fraction of sp³-hybridized carbons (Fsp3) is 0. The van der Waals surface area contributed by atoms with E-state index >= 15 is 0 Å². The molecule has 0 aliphatic rings. The van der Waals surface area contributed by atoms with Gasteiger partial charge in [0.25, 0.3) is 0 Å². The predicted molar refractivity (Wildman–Crippen MR) is 212 cm³/mol. The fourth-order valence-electron chi connectivity index (χ4n) is 7.17. The van der Waals surface area contributed by atoms with Crippen molar-refractivity contribution in [3.8, 4) is 39.1 Å². The van der Waals surface area contributed by atoms with Crippen LogP contribution in [0.1, 0.15) is 0 Å². The molecule has 2 heteroatoms. The van der Waals surface area contributed by atoms with Crippen LogP contribution in [0.2, 0.25) is 0 Å². The van der Waals surface area contributed by atoms with Gasteiger partial charge in [0.2, 0.25) is 0 Å². The number of hydrogen-bond donors (Lipinski definition) is 0. The van der Waals surface area contributed by atoms with Gasteiger partial charge in [0.15, 0.2) is 0 Å². The molecule has 236 valence electrons. The van der Waals surface area contributed by atoms with Gasteiger partial charge < -0.3 is 9.47 Å². The van der Waals surface area contributed by atoms with Crippen LogP contribution in [-0.2, 0) is 0 Å². The van der Waals surface area contributed by atoms with Crippen LogP contribution in [0.5, 0.6) is 0 Å². The molecule has 0 aliphatic heterocycles. The lowest BCUT2D eigenvalue weighted by Gasteiger charge is -2.27. The summed E-state index contributed by atoms with van der Waals surface area (Å²) in [5.41, 5.74) is 13.9. The Labute approximate surface area is 292 Å². The summed E-state index contributed by atoms with van der Waals surface area (Å²) >= 11 is 0. The first-order valence-electron chi connectivity index (χ1n) is 17.1. The first kappa shape index (κ1) is 29.5. The molecule has 1 aromatic heterocycles. The second kappa shape index (κ2) is 12.8. The molecule has 0 fully saturated rings. The zero-order chi connectivity index (χ0) is 33.3. The minimum absolute atomic E-state index is 1.09. The quantitative estimate of drug-likeness (QED) is 0.169. The summed E-state index contributed by atoms with van der Waals surface area (Å²) in [4.78, 5) is 2.40. The fourth-order valence-corrected chi connectivity index (χ4v) is 7.17. The second-order valence-electron chi connectivity index (χ2n) is 12.6. The predicted octanol–water partition coefficient (Wildman–Crippen LogP) is 13.3.